The van der Waals surface area contributed by atoms with Crippen LogP contribution in [0.15, 0.2) is 97.3 Å². The number of fused-ring (bicyclic) bond motifs is 6. The molecule has 1 N–H and O–H groups in total. The Hall–Kier alpha value is -4.84. The quantitative estimate of drug-likeness (QED) is 0.325. The lowest BCUT2D eigenvalue weighted by molar-refractivity contribution is -0.121. The monoisotopic (exact) mass is 539 g/mol. The molecule has 3 aliphatic heterocycles. The number of ketones is 2. The van der Waals surface area contributed by atoms with Gasteiger partial charge in [-0.3, -0.25) is 19.4 Å². The number of hydrogen-bond donors (Lipinski definition) is 1. The fourth-order valence-corrected chi connectivity index (χ4v) is 7.12. The number of aryl methyl sites for hydroxylation is 2. The molecule has 202 valence electrons. The van der Waals surface area contributed by atoms with Crippen LogP contribution in [0.4, 0.5) is 11.4 Å². The summed E-state index contributed by atoms with van der Waals surface area (Å²) in [4.78, 5) is 50.1. The minimum atomic E-state index is -1.33. The van der Waals surface area contributed by atoms with Gasteiger partial charge in [0.05, 0.1) is 12.0 Å². The summed E-state index contributed by atoms with van der Waals surface area (Å²) in [6.45, 7) is 6.05. The molecule has 4 heterocycles. The SMILES string of the molecule is CC1=CC2N(c3ccc(C)cc31)C(C(=O)c1ccc(C)cc1)C(C(=O)c1cccnc1)C21C(=O)Nc2ccccc21. The van der Waals surface area contributed by atoms with Crippen LogP contribution in [0.2, 0.25) is 0 Å². The van der Waals surface area contributed by atoms with Crippen molar-refractivity contribution in [3.8, 4) is 0 Å². The van der Waals surface area contributed by atoms with E-state index >= 15 is 0 Å². The van der Waals surface area contributed by atoms with Gasteiger partial charge >= 0.3 is 0 Å². The summed E-state index contributed by atoms with van der Waals surface area (Å²) in [6.07, 6.45) is 5.22. The molecule has 6 nitrogen and oxygen atoms in total. The molecule has 1 aromatic heterocycles. The van der Waals surface area contributed by atoms with Crippen molar-refractivity contribution in [1.82, 2.24) is 4.98 Å². The van der Waals surface area contributed by atoms with Gasteiger partial charge in [-0.15, -0.1) is 0 Å². The van der Waals surface area contributed by atoms with Gasteiger partial charge in [-0.25, -0.2) is 0 Å². The predicted molar refractivity (Wildman–Crippen MR) is 159 cm³/mol. The summed E-state index contributed by atoms with van der Waals surface area (Å²) in [5.41, 5.74) is 5.95. The fourth-order valence-electron chi connectivity index (χ4n) is 7.12. The van der Waals surface area contributed by atoms with Crippen LogP contribution in [0.3, 0.4) is 0 Å². The first kappa shape index (κ1) is 25.1. The standard InChI is InChI=1S/C35H29N3O3/c1-20-10-13-23(14-11-20)33(40)31-30(32(39)24-7-6-16-36-19-24)35(26-8-4-5-9-27(26)37-34(35)41)29-18-22(3)25-17-21(2)12-15-28(25)38(29)31/h4-19,29-31H,1-3H3,(H,37,41). The third kappa shape index (κ3) is 3.50. The molecule has 1 spiro atoms. The number of hydrogen-bond acceptors (Lipinski definition) is 5. The van der Waals surface area contributed by atoms with Crippen molar-refractivity contribution < 1.29 is 14.4 Å². The maximum absolute atomic E-state index is 14.7. The Morgan fingerprint density at radius 2 is 1.61 bits per heavy atom. The van der Waals surface area contributed by atoms with Crippen molar-refractivity contribution >= 4 is 34.4 Å². The van der Waals surface area contributed by atoms with Gasteiger partial charge in [-0.05, 0) is 62.2 Å². The molecule has 0 radical (unpaired) electrons. The van der Waals surface area contributed by atoms with Crippen molar-refractivity contribution in [3.05, 3.63) is 131 Å². The van der Waals surface area contributed by atoms with Gasteiger partial charge in [0, 0.05) is 40.5 Å². The average molecular weight is 540 g/mol. The number of rotatable bonds is 4. The third-order valence-electron chi connectivity index (χ3n) is 8.97. The molecule has 41 heavy (non-hydrogen) atoms. The number of carbonyl (C=O) groups excluding carboxylic acids is 3. The van der Waals surface area contributed by atoms with E-state index in [0.717, 1.165) is 33.5 Å². The number of anilines is 2. The Balaban J connectivity index is 1.56. The maximum atomic E-state index is 14.7. The Morgan fingerprint density at radius 1 is 0.854 bits per heavy atom. The van der Waals surface area contributed by atoms with Gasteiger partial charge in [0.2, 0.25) is 5.91 Å². The van der Waals surface area contributed by atoms with Gasteiger partial charge in [-0.1, -0.05) is 65.7 Å². The average Bonchev–Trinajstić information content (AvgIpc) is 3.45. The van der Waals surface area contributed by atoms with Crippen LogP contribution in [0, 0.1) is 19.8 Å². The van der Waals surface area contributed by atoms with E-state index in [-0.39, 0.29) is 17.5 Å². The summed E-state index contributed by atoms with van der Waals surface area (Å²) < 4.78 is 0. The lowest BCUT2D eigenvalue weighted by atomic mass is 9.64. The van der Waals surface area contributed by atoms with E-state index in [1.807, 2.05) is 86.3 Å². The minimum absolute atomic E-state index is 0.189. The number of amides is 1. The predicted octanol–water partition coefficient (Wildman–Crippen LogP) is 5.94. The maximum Gasteiger partial charge on any atom is 0.238 e. The number of nitrogens with zero attached hydrogens (tertiary/aromatic N) is 2. The summed E-state index contributed by atoms with van der Waals surface area (Å²) in [5, 5.41) is 3.08. The lowest BCUT2D eigenvalue weighted by Crippen LogP contribution is -2.51. The van der Waals surface area contributed by atoms with Crippen LogP contribution < -0.4 is 10.2 Å². The molecule has 1 amide bonds. The van der Waals surface area contributed by atoms with Crippen molar-refractivity contribution in [3.63, 3.8) is 0 Å². The molecule has 4 aromatic rings. The summed E-state index contributed by atoms with van der Waals surface area (Å²) in [7, 11) is 0. The van der Waals surface area contributed by atoms with Crippen molar-refractivity contribution in [2.75, 3.05) is 10.2 Å². The molecule has 3 aliphatic rings. The number of Topliss-reactive ketones (excluding diaryl/α,β-unsaturated/α-hetero) is 2. The van der Waals surface area contributed by atoms with Crippen LogP contribution in [-0.4, -0.2) is 34.5 Å². The van der Waals surface area contributed by atoms with Crippen LogP contribution in [0.1, 0.15) is 49.9 Å². The molecular formula is C35H29N3O3. The van der Waals surface area contributed by atoms with Crippen molar-refractivity contribution in [2.45, 2.75) is 38.3 Å². The normalized spacial score (nSPS) is 23.9. The molecule has 0 aliphatic carbocycles. The minimum Gasteiger partial charge on any atom is -0.352 e. The molecule has 0 saturated carbocycles. The van der Waals surface area contributed by atoms with Gasteiger partial charge in [0.25, 0.3) is 0 Å². The zero-order chi connectivity index (χ0) is 28.5. The topological polar surface area (TPSA) is 79.4 Å². The zero-order valence-corrected chi connectivity index (χ0v) is 23.1. The molecule has 7 rings (SSSR count). The van der Waals surface area contributed by atoms with E-state index in [2.05, 4.69) is 22.4 Å². The Morgan fingerprint density at radius 3 is 2.37 bits per heavy atom. The lowest BCUT2D eigenvalue weighted by Gasteiger charge is -2.39. The Labute approximate surface area is 238 Å². The van der Waals surface area contributed by atoms with Crippen LogP contribution in [0.5, 0.6) is 0 Å². The van der Waals surface area contributed by atoms with E-state index in [4.69, 9.17) is 0 Å². The molecule has 6 heteroatoms. The molecule has 4 unspecified atom stereocenters. The zero-order valence-electron chi connectivity index (χ0n) is 23.1. The molecular weight excluding hydrogens is 510 g/mol. The summed E-state index contributed by atoms with van der Waals surface area (Å²) in [5.74, 6) is -1.74. The molecule has 1 fully saturated rings. The van der Waals surface area contributed by atoms with E-state index in [9.17, 15) is 14.4 Å². The number of aromatic nitrogens is 1. The highest BCUT2D eigenvalue weighted by Gasteiger charge is 2.70. The first-order chi connectivity index (χ1) is 19.8. The van der Waals surface area contributed by atoms with Crippen LogP contribution in [0.25, 0.3) is 5.57 Å². The highest BCUT2D eigenvalue weighted by atomic mass is 16.2. The molecule has 0 bridgehead atoms. The summed E-state index contributed by atoms with van der Waals surface area (Å²) >= 11 is 0. The number of allylic oxidation sites excluding steroid dienone is 1. The second-order valence-corrected chi connectivity index (χ2v) is 11.3. The second kappa shape index (κ2) is 9.10. The number of pyridine rings is 1. The van der Waals surface area contributed by atoms with E-state index < -0.39 is 23.4 Å². The smallest absolute Gasteiger partial charge is 0.238 e. The van der Waals surface area contributed by atoms with Gasteiger partial charge in [0.1, 0.15) is 11.5 Å². The number of benzene rings is 3. The van der Waals surface area contributed by atoms with E-state index in [1.165, 1.54) is 6.20 Å². The van der Waals surface area contributed by atoms with Crippen LogP contribution in [-0.2, 0) is 10.2 Å². The molecule has 3 aromatic carbocycles. The highest BCUT2D eigenvalue weighted by Crippen LogP contribution is 2.58. The number of carbonyl (C=O) groups is 3. The Kier molecular flexibility index (Phi) is 5.58. The molecule has 1 saturated heterocycles. The van der Waals surface area contributed by atoms with E-state index in [1.54, 1.807) is 18.3 Å². The van der Waals surface area contributed by atoms with Gasteiger partial charge < -0.3 is 10.2 Å². The van der Waals surface area contributed by atoms with E-state index in [0.29, 0.717) is 16.8 Å². The van der Waals surface area contributed by atoms with Gasteiger partial charge in [0.15, 0.2) is 11.6 Å². The number of para-hydroxylation sites is 1. The first-order valence-electron chi connectivity index (χ1n) is 13.9. The highest BCUT2D eigenvalue weighted by molar-refractivity contribution is 6.18. The van der Waals surface area contributed by atoms with Crippen molar-refractivity contribution in [1.29, 1.82) is 0 Å². The summed E-state index contributed by atoms with van der Waals surface area (Å²) in [6, 6.07) is 23.1. The largest absolute Gasteiger partial charge is 0.352 e. The fraction of sp³-hybridized carbons (Fsp3) is 0.200. The molecule has 4 atom stereocenters. The van der Waals surface area contributed by atoms with Gasteiger partial charge in [-0.2, -0.15) is 0 Å². The van der Waals surface area contributed by atoms with Crippen LogP contribution >= 0.6 is 0 Å². The first-order valence-corrected chi connectivity index (χ1v) is 13.9. The Bertz CT molecular complexity index is 1780. The third-order valence-corrected chi connectivity index (χ3v) is 8.97. The van der Waals surface area contributed by atoms with Crippen molar-refractivity contribution in [2.24, 2.45) is 5.92 Å². The number of nitrogens with one attached hydrogen (secondary N) is 1. The second-order valence-electron chi connectivity index (χ2n) is 11.3.